The Kier molecular flexibility index (Phi) is 3.79. The van der Waals surface area contributed by atoms with Gasteiger partial charge in [0.1, 0.15) is 6.04 Å². The summed E-state index contributed by atoms with van der Waals surface area (Å²) < 4.78 is 0. The Morgan fingerprint density at radius 3 is 2.42 bits per heavy atom. The van der Waals surface area contributed by atoms with Crippen molar-refractivity contribution >= 4 is 35.0 Å². The molecule has 2 heterocycles. The molecule has 7 heteroatoms. The van der Waals surface area contributed by atoms with Crippen LogP contribution in [0.25, 0.3) is 5.57 Å². The number of hydrogen-bond acceptors (Lipinski definition) is 5. The molecule has 1 N–H and O–H groups in total. The molecule has 1 saturated heterocycles. The number of hydrogen-bond donors (Lipinski definition) is 1. The molecule has 7 nitrogen and oxygen atoms in total. The topological polar surface area (TPSA) is 101 Å². The van der Waals surface area contributed by atoms with E-state index in [4.69, 9.17) is 0 Å². The van der Waals surface area contributed by atoms with Crippen molar-refractivity contribution in [3.8, 4) is 0 Å². The van der Waals surface area contributed by atoms with Crippen LogP contribution in [0.3, 0.4) is 0 Å². The van der Waals surface area contributed by atoms with Crippen LogP contribution >= 0.6 is 0 Å². The summed E-state index contributed by atoms with van der Waals surface area (Å²) >= 11 is 0. The molecule has 132 valence electrons. The first-order valence-electron chi connectivity index (χ1n) is 8.55. The summed E-state index contributed by atoms with van der Waals surface area (Å²) in [5, 5.41) is 2.18. The third-order valence-electron chi connectivity index (χ3n) is 5.02. The Labute approximate surface area is 149 Å². The van der Waals surface area contributed by atoms with E-state index in [1.165, 1.54) is 6.08 Å². The van der Waals surface area contributed by atoms with Crippen LogP contribution in [0.15, 0.2) is 24.3 Å². The standard InChI is InChI=1S/C19H16N2O5/c22-11-4-1-3-10(9-11)12-5-2-6-13-16(12)19(26)21(18(13)25)14-7-8-15(23)20-17(14)24/h2,5-6,9,14H,1,3-4,7-8H2,(H,20,23,24). The van der Waals surface area contributed by atoms with Gasteiger partial charge in [0.25, 0.3) is 11.8 Å². The van der Waals surface area contributed by atoms with Gasteiger partial charge < -0.3 is 0 Å². The molecule has 0 bridgehead atoms. The van der Waals surface area contributed by atoms with E-state index in [0.717, 1.165) is 10.5 Å². The number of piperidine rings is 1. The van der Waals surface area contributed by atoms with Crippen LogP contribution in [0.4, 0.5) is 0 Å². The zero-order chi connectivity index (χ0) is 18.4. The van der Waals surface area contributed by atoms with E-state index in [2.05, 4.69) is 5.32 Å². The quantitative estimate of drug-likeness (QED) is 0.807. The molecule has 1 unspecified atom stereocenters. The number of ketones is 1. The maximum Gasteiger partial charge on any atom is 0.262 e. The fourth-order valence-electron chi connectivity index (χ4n) is 3.79. The average molecular weight is 352 g/mol. The molecular formula is C19H16N2O5. The van der Waals surface area contributed by atoms with Gasteiger partial charge in [-0.2, -0.15) is 0 Å². The van der Waals surface area contributed by atoms with Crippen molar-refractivity contribution in [2.24, 2.45) is 0 Å². The fourth-order valence-corrected chi connectivity index (χ4v) is 3.79. The Bertz CT molecular complexity index is 915. The van der Waals surface area contributed by atoms with E-state index in [-0.39, 0.29) is 29.8 Å². The van der Waals surface area contributed by atoms with Gasteiger partial charge in [-0.1, -0.05) is 12.1 Å². The first-order valence-corrected chi connectivity index (χ1v) is 8.55. The number of allylic oxidation sites excluding steroid dienone is 2. The van der Waals surface area contributed by atoms with Crippen molar-refractivity contribution in [1.29, 1.82) is 0 Å². The summed E-state index contributed by atoms with van der Waals surface area (Å²) in [6.45, 7) is 0. The molecular weight excluding hydrogens is 336 g/mol. The minimum Gasteiger partial charge on any atom is -0.295 e. The summed E-state index contributed by atoms with van der Waals surface area (Å²) in [6.07, 6.45) is 3.57. The van der Waals surface area contributed by atoms with Gasteiger partial charge in [-0.15, -0.1) is 0 Å². The van der Waals surface area contributed by atoms with Crippen molar-refractivity contribution in [3.05, 3.63) is 41.0 Å². The number of amides is 4. The third kappa shape index (κ3) is 2.47. The largest absolute Gasteiger partial charge is 0.295 e. The Hall–Kier alpha value is -3.09. The number of benzene rings is 1. The Morgan fingerprint density at radius 2 is 1.69 bits per heavy atom. The maximum atomic E-state index is 13.0. The zero-order valence-electron chi connectivity index (χ0n) is 13.9. The van der Waals surface area contributed by atoms with Crippen LogP contribution in [0.2, 0.25) is 0 Å². The highest BCUT2D eigenvalue weighted by atomic mass is 16.2. The Balaban J connectivity index is 1.75. The zero-order valence-corrected chi connectivity index (χ0v) is 13.9. The second-order valence-electron chi connectivity index (χ2n) is 6.66. The second-order valence-corrected chi connectivity index (χ2v) is 6.66. The van der Waals surface area contributed by atoms with E-state index >= 15 is 0 Å². The fraction of sp³-hybridized carbons (Fsp3) is 0.316. The van der Waals surface area contributed by atoms with Gasteiger partial charge in [0.2, 0.25) is 11.8 Å². The normalized spacial score (nSPS) is 23.1. The van der Waals surface area contributed by atoms with Gasteiger partial charge in [0.05, 0.1) is 11.1 Å². The molecule has 1 aromatic rings. The lowest BCUT2D eigenvalue weighted by molar-refractivity contribution is -0.136. The molecule has 26 heavy (non-hydrogen) atoms. The van der Waals surface area contributed by atoms with Crippen LogP contribution in [-0.2, 0) is 14.4 Å². The predicted molar refractivity (Wildman–Crippen MR) is 89.9 cm³/mol. The molecule has 4 rings (SSSR count). The highest BCUT2D eigenvalue weighted by molar-refractivity contribution is 6.25. The number of fused-ring (bicyclic) bond motifs is 1. The van der Waals surface area contributed by atoms with E-state index in [9.17, 15) is 24.0 Å². The molecule has 4 amide bonds. The molecule has 2 aliphatic heterocycles. The summed E-state index contributed by atoms with van der Waals surface area (Å²) in [5.74, 6) is -2.13. The highest BCUT2D eigenvalue weighted by Crippen LogP contribution is 2.35. The number of carbonyl (C=O) groups is 5. The predicted octanol–water partition coefficient (Wildman–Crippen LogP) is 1.22. The number of nitrogens with one attached hydrogen (secondary N) is 1. The van der Waals surface area contributed by atoms with Crippen molar-refractivity contribution in [2.45, 2.75) is 38.1 Å². The van der Waals surface area contributed by atoms with E-state index in [1.807, 2.05) is 0 Å². The minimum absolute atomic E-state index is 0.00246. The molecule has 1 aliphatic carbocycles. The van der Waals surface area contributed by atoms with Crippen LogP contribution in [0, 0.1) is 0 Å². The first-order chi connectivity index (χ1) is 12.5. The number of nitrogens with zero attached hydrogens (tertiary/aromatic N) is 1. The van der Waals surface area contributed by atoms with Gasteiger partial charge in [-0.25, -0.2) is 0 Å². The van der Waals surface area contributed by atoms with Crippen molar-refractivity contribution in [1.82, 2.24) is 10.2 Å². The van der Waals surface area contributed by atoms with E-state index < -0.39 is 29.7 Å². The molecule has 0 aromatic heterocycles. The summed E-state index contributed by atoms with van der Waals surface area (Å²) in [5.41, 5.74) is 1.78. The van der Waals surface area contributed by atoms with E-state index in [1.54, 1.807) is 18.2 Å². The van der Waals surface area contributed by atoms with Gasteiger partial charge in [0.15, 0.2) is 5.78 Å². The monoisotopic (exact) mass is 352 g/mol. The molecule has 1 aromatic carbocycles. The molecule has 3 aliphatic rings. The van der Waals surface area contributed by atoms with Gasteiger partial charge >= 0.3 is 0 Å². The SMILES string of the molecule is O=C1C=C(c2cccc3c2C(=O)N(C2CCC(=O)NC2=O)C3=O)CCC1. The number of carbonyl (C=O) groups excluding carboxylic acids is 5. The van der Waals surface area contributed by atoms with Crippen LogP contribution < -0.4 is 5.32 Å². The molecule has 0 radical (unpaired) electrons. The molecule has 0 saturated carbocycles. The molecule has 1 atom stereocenters. The number of rotatable bonds is 2. The van der Waals surface area contributed by atoms with Gasteiger partial charge in [-0.05, 0) is 42.5 Å². The minimum atomic E-state index is -0.991. The Morgan fingerprint density at radius 1 is 0.923 bits per heavy atom. The summed E-state index contributed by atoms with van der Waals surface area (Å²) in [4.78, 5) is 62.0. The van der Waals surface area contributed by atoms with E-state index in [0.29, 0.717) is 24.8 Å². The van der Waals surface area contributed by atoms with Crippen molar-refractivity contribution in [2.75, 3.05) is 0 Å². The van der Waals surface area contributed by atoms with Gasteiger partial charge in [-0.3, -0.25) is 34.2 Å². The summed E-state index contributed by atoms with van der Waals surface area (Å²) in [7, 11) is 0. The van der Waals surface area contributed by atoms with Crippen LogP contribution in [0.5, 0.6) is 0 Å². The molecule has 0 spiro atoms. The molecule has 1 fully saturated rings. The lowest BCUT2D eigenvalue weighted by Crippen LogP contribution is -2.54. The lowest BCUT2D eigenvalue weighted by Gasteiger charge is -2.27. The second kappa shape index (κ2) is 6.01. The van der Waals surface area contributed by atoms with Crippen LogP contribution in [0.1, 0.15) is 58.4 Å². The smallest absolute Gasteiger partial charge is 0.262 e. The highest BCUT2D eigenvalue weighted by Gasteiger charge is 2.45. The van der Waals surface area contributed by atoms with Crippen molar-refractivity contribution < 1.29 is 24.0 Å². The first kappa shape index (κ1) is 16.4. The summed E-state index contributed by atoms with van der Waals surface area (Å²) in [6, 6.07) is 3.96. The van der Waals surface area contributed by atoms with Crippen LogP contribution in [-0.4, -0.2) is 40.4 Å². The van der Waals surface area contributed by atoms with Gasteiger partial charge in [0, 0.05) is 12.8 Å². The average Bonchev–Trinajstić information content (AvgIpc) is 2.87. The third-order valence-corrected chi connectivity index (χ3v) is 5.02. The number of imide groups is 2. The lowest BCUT2D eigenvalue weighted by atomic mass is 9.89. The maximum absolute atomic E-state index is 13.0. The van der Waals surface area contributed by atoms with Crippen molar-refractivity contribution in [3.63, 3.8) is 0 Å².